The highest BCUT2D eigenvalue weighted by molar-refractivity contribution is 5.44. The smallest absolute Gasteiger partial charge is 0.411 e. The van der Waals surface area contributed by atoms with E-state index in [4.69, 9.17) is 14.7 Å². The highest BCUT2D eigenvalue weighted by atomic mass is 19.4. The second-order valence-corrected chi connectivity index (χ2v) is 3.59. The number of ether oxygens (including phenoxy) is 1. The van der Waals surface area contributed by atoms with Gasteiger partial charge in [-0.15, -0.1) is 0 Å². The fourth-order valence-corrected chi connectivity index (χ4v) is 1.27. The van der Waals surface area contributed by atoms with Gasteiger partial charge in [-0.25, -0.2) is 0 Å². The van der Waals surface area contributed by atoms with Crippen LogP contribution in [0, 0.1) is 0 Å². The van der Waals surface area contributed by atoms with Gasteiger partial charge >= 0.3 is 6.18 Å². The molecule has 0 bridgehead atoms. The summed E-state index contributed by atoms with van der Waals surface area (Å²) >= 11 is 0. The monoisotopic (exact) mass is 277 g/mol. The Hall–Kier alpha value is -1.87. The molecule has 0 aliphatic heterocycles. The minimum Gasteiger partial charge on any atom is -0.455 e. The molecule has 0 aliphatic rings. The quantitative estimate of drug-likeness (QED) is 0.897. The zero-order chi connectivity index (χ0) is 13.9. The fraction of sp³-hybridized carbons (Fsp3) is 0.400. The SMILES string of the molecule is NCc1ccc(-c2nc(COCC(F)(F)F)no2)o1. The van der Waals surface area contributed by atoms with Crippen molar-refractivity contribution in [2.24, 2.45) is 5.73 Å². The van der Waals surface area contributed by atoms with Crippen LogP contribution in [0.2, 0.25) is 0 Å². The van der Waals surface area contributed by atoms with Gasteiger partial charge in [0.1, 0.15) is 19.0 Å². The zero-order valence-electron chi connectivity index (χ0n) is 9.61. The lowest BCUT2D eigenvalue weighted by Crippen LogP contribution is -2.16. The van der Waals surface area contributed by atoms with Gasteiger partial charge in [0.25, 0.3) is 5.89 Å². The number of alkyl halides is 3. The van der Waals surface area contributed by atoms with Crippen molar-refractivity contribution in [1.82, 2.24) is 10.1 Å². The number of rotatable bonds is 5. The van der Waals surface area contributed by atoms with Gasteiger partial charge in [0.2, 0.25) is 0 Å². The third-order valence-corrected chi connectivity index (χ3v) is 2.04. The van der Waals surface area contributed by atoms with Gasteiger partial charge < -0.3 is 19.4 Å². The van der Waals surface area contributed by atoms with Crippen LogP contribution in [0.15, 0.2) is 21.1 Å². The van der Waals surface area contributed by atoms with E-state index in [9.17, 15) is 13.2 Å². The average molecular weight is 277 g/mol. The van der Waals surface area contributed by atoms with Crippen LogP contribution in [-0.2, 0) is 17.9 Å². The minimum absolute atomic E-state index is 0.00458. The first kappa shape index (κ1) is 13.6. The molecule has 2 N–H and O–H groups in total. The van der Waals surface area contributed by atoms with Crippen LogP contribution in [0.5, 0.6) is 0 Å². The third-order valence-electron chi connectivity index (χ3n) is 2.04. The first-order valence-corrected chi connectivity index (χ1v) is 5.24. The van der Waals surface area contributed by atoms with Crippen molar-refractivity contribution in [1.29, 1.82) is 0 Å². The summed E-state index contributed by atoms with van der Waals surface area (Å²) in [5.74, 6) is 0.897. The molecule has 2 aromatic rings. The van der Waals surface area contributed by atoms with Crippen molar-refractivity contribution in [2.45, 2.75) is 19.3 Å². The van der Waals surface area contributed by atoms with Crippen molar-refractivity contribution >= 4 is 0 Å². The van der Waals surface area contributed by atoms with E-state index in [1.807, 2.05) is 0 Å². The summed E-state index contributed by atoms with van der Waals surface area (Å²) in [6.07, 6.45) is -4.39. The molecule has 0 amide bonds. The van der Waals surface area contributed by atoms with E-state index >= 15 is 0 Å². The molecule has 104 valence electrons. The summed E-state index contributed by atoms with van der Waals surface area (Å²) in [6.45, 7) is -1.54. The zero-order valence-corrected chi connectivity index (χ0v) is 9.61. The molecule has 0 aromatic carbocycles. The van der Waals surface area contributed by atoms with Crippen molar-refractivity contribution in [3.05, 3.63) is 23.7 Å². The Morgan fingerprint density at radius 2 is 2.11 bits per heavy atom. The number of nitrogens with two attached hydrogens (primary N) is 1. The van der Waals surface area contributed by atoms with Crippen LogP contribution in [0.3, 0.4) is 0 Å². The van der Waals surface area contributed by atoms with Gasteiger partial charge in [0.05, 0.1) is 6.54 Å². The maximum atomic E-state index is 11.9. The normalized spacial score (nSPS) is 12.0. The Labute approximate surface area is 105 Å². The molecule has 0 atom stereocenters. The lowest BCUT2D eigenvalue weighted by Gasteiger charge is -2.04. The number of hydrogen-bond acceptors (Lipinski definition) is 6. The molecule has 0 radical (unpaired) electrons. The predicted molar refractivity (Wildman–Crippen MR) is 55.6 cm³/mol. The van der Waals surface area contributed by atoms with Gasteiger partial charge in [0.15, 0.2) is 11.6 Å². The largest absolute Gasteiger partial charge is 0.455 e. The van der Waals surface area contributed by atoms with E-state index < -0.39 is 19.4 Å². The highest BCUT2D eigenvalue weighted by Gasteiger charge is 2.27. The molecule has 9 heteroatoms. The van der Waals surface area contributed by atoms with Gasteiger partial charge in [-0.05, 0) is 12.1 Å². The Balaban J connectivity index is 1.95. The van der Waals surface area contributed by atoms with E-state index in [1.54, 1.807) is 12.1 Å². The van der Waals surface area contributed by atoms with Crippen molar-refractivity contribution in [3.63, 3.8) is 0 Å². The Morgan fingerprint density at radius 3 is 2.74 bits per heavy atom. The molecule has 0 saturated carbocycles. The summed E-state index contributed by atoms with van der Waals surface area (Å²) in [7, 11) is 0. The van der Waals surface area contributed by atoms with Gasteiger partial charge in [0, 0.05) is 0 Å². The van der Waals surface area contributed by atoms with E-state index in [2.05, 4.69) is 14.9 Å². The second-order valence-electron chi connectivity index (χ2n) is 3.59. The third kappa shape index (κ3) is 3.80. The predicted octanol–water partition coefficient (Wildman–Crippen LogP) is 1.87. The number of hydrogen-bond donors (Lipinski definition) is 1. The fourth-order valence-electron chi connectivity index (χ4n) is 1.27. The first-order chi connectivity index (χ1) is 8.98. The van der Waals surface area contributed by atoms with E-state index in [-0.39, 0.29) is 18.3 Å². The lowest BCUT2D eigenvalue weighted by molar-refractivity contribution is -0.177. The Bertz CT molecular complexity index is 535. The molecule has 6 nitrogen and oxygen atoms in total. The van der Waals surface area contributed by atoms with Crippen LogP contribution in [-0.4, -0.2) is 22.9 Å². The molecule has 2 aromatic heterocycles. The topological polar surface area (TPSA) is 87.3 Å². The maximum Gasteiger partial charge on any atom is 0.411 e. The summed E-state index contributed by atoms with van der Waals surface area (Å²) in [4.78, 5) is 3.84. The summed E-state index contributed by atoms with van der Waals surface area (Å²) in [6, 6.07) is 3.22. The van der Waals surface area contributed by atoms with Gasteiger partial charge in [-0.2, -0.15) is 18.2 Å². The maximum absolute atomic E-state index is 11.9. The molecule has 2 heterocycles. The highest BCUT2D eigenvalue weighted by Crippen LogP contribution is 2.20. The Morgan fingerprint density at radius 1 is 1.32 bits per heavy atom. The number of nitrogens with zero attached hydrogens (tertiary/aromatic N) is 2. The molecule has 0 fully saturated rings. The van der Waals surface area contributed by atoms with Crippen LogP contribution in [0.25, 0.3) is 11.7 Å². The standard InChI is InChI=1S/C10H10F3N3O3/c11-10(12,13)5-17-4-8-15-9(19-16-8)7-2-1-6(3-14)18-7/h1-2H,3-5,14H2. The molecule has 0 aliphatic carbocycles. The second kappa shape index (κ2) is 5.41. The van der Waals surface area contributed by atoms with Crippen molar-refractivity contribution in [3.8, 4) is 11.7 Å². The summed E-state index contributed by atoms with van der Waals surface area (Å²) in [5.41, 5.74) is 5.37. The van der Waals surface area contributed by atoms with E-state index in [1.165, 1.54) is 0 Å². The number of halogens is 3. The van der Waals surface area contributed by atoms with Crippen molar-refractivity contribution in [2.75, 3.05) is 6.61 Å². The average Bonchev–Trinajstić information content (AvgIpc) is 2.94. The minimum atomic E-state index is -4.39. The van der Waals surface area contributed by atoms with Gasteiger partial charge in [-0.1, -0.05) is 5.16 Å². The summed E-state index contributed by atoms with van der Waals surface area (Å²) in [5, 5.41) is 3.48. The van der Waals surface area contributed by atoms with Crippen LogP contribution in [0.4, 0.5) is 13.2 Å². The molecular formula is C10H10F3N3O3. The molecular weight excluding hydrogens is 267 g/mol. The molecule has 0 spiro atoms. The molecule has 0 saturated heterocycles. The first-order valence-electron chi connectivity index (χ1n) is 5.24. The lowest BCUT2D eigenvalue weighted by atomic mass is 10.4. The molecule has 19 heavy (non-hydrogen) atoms. The Kier molecular flexibility index (Phi) is 3.86. The van der Waals surface area contributed by atoms with Crippen LogP contribution in [0.1, 0.15) is 11.6 Å². The van der Waals surface area contributed by atoms with Crippen LogP contribution < -0.4 is 5.73 Å². The number of aromatic nitrogens is 2. The summed E-state index contributed by atoms with van der Waals surface area (Å²) < 4.78 is 50.0. The van der Waals surface area contributed by atoms with E-state index in [0.29, 0.717) is 11.5 Å². The van der Waals surface area contributed by atoms with Crippen molar-refractivity contribution < 1.29 is 26.8 Å². The van der Waals surface area contributed by atoms with Gasteiger partial charge in [-0.3, -0.25) is 0 Å². The van der Waals surface area contributed by atoms with Crippen LogP contribution >= 0.6 is 0 Å². The molecule has 0 unspecified atom stereocenters. The van der Waals surface area contributed by atoms with E-state index in [0.717, 1.165) is 0 Å². The molecule has 2 rings (SSSR count). The number of furan rings is 1.